The van der Waals surface area contributed by atoms with Gasteiger partial charge in [0.15, 0.2) is 0 Å². The normalized spacial score (nSPS) is 23.3. The van der Waals surface area contributed by atoms with E-state index in [0.717, 1.165) is 12.8 Å². The molecule has 0 bridgehead atoms. The zero-order valence-electron chi connectivity index (χ0n) is 29.5. The molecule has 0 saturated carbocycles. The predicted molar refractivity (Wildman–Crippen MR) is 194 cm³/mol. The number of hydrogen-bond donors (Lipinski definition) is 3. The second-order valence-corrected chi connectivity index (χ2v) is 18.6. The number of rotatable bonds is 13. The summed E-state index contributed by atoms with van der Waals surface area (Å²) in [5.74, 6) is -0.383. The highest BCUT2D eigenvalue weighted by Crippen LogP contribution is 2.44. The Labute approximate surface area is 294 Å². The van der Waals surface area contributed by atoms with Crippen LogP contribution in [0.2, 0.25) is 0 Å². The quantitative estimate of drug-likeness (QED) is 0.0848. The van der Waals surface area contributed by atoms with E-state index in [2.05, 4.69) is 16.0 Å². The number of nitroso groups, excluding NO2 is 1. The maximum atomic E-state index is 13.9. The van der Waals surface area contributed by atoms with Crippen LogP contribution in [-0.4, -0.2) is 81.9 Å². The van der Waals surface area contributed by atoms with Crippen molar-refractivity contribution >= 4 is 58.9 Å². The number of carboxylic acid groups (broad SMARTS) is 1. The number of hydrogen-bond acceptors (Lipinski definition) is 10. The Kier molecular flexibility index (Phi) is 11.5. The maximum absolute atomic E-state index is 13.9. The summed E-state index contributed by atoms with van der Waals surface area (Å²) in [6.07, 6.45) is 1.85. The number of nitrogens with one attached hydrogen (secondary N) is 2. The van der Waals surface area contributed by atoms with Gasteiger partial charge in [-0.15, -0.1) is 4.91 Å². The van der Waals surface area contributed by atoms with E-state index in [9.17, 15) is 31.6 Å². The van der Waals surface area contributed by atoms with Gasteiger partial charge in [-0.2, -0.15) is 8.61 Å². The minimum absolute atomic E-state index is 0.0000781. The average molecular weight is 732 g/mol. The first kappa shape index (κ1) is 38.0. The number of fused-ring (bicyclic) bond motifs is 2. The molecule has 0 aliphatic carbocycles. The molecule has 50 heavy (non-hydrogen) atoms. The summed E-state index contributed by atoms with van der Waals surface area (Å²) in [7, 11) is -7.87. The molecule has 0 aromatic heterocycles. The van der Waals surface area contributed by atoms with E-state index in [-0.39, 0.29) is 69.0 Å². The number of piperidine rings is 2. The van der Waals surface area contributed by atoms with E-state index < -0.39 is 32.1 Å². The highest BCUT2D eigenvalue weighted by molar-refractivity contribution is 7.89. The van der Waals surface area contributed by atoms with Crippen LogP contribution in [0.4, 0.5) is 11.4 Å². The molecule has 5 rings (SSSR count). The lowest BCUT2D eigenvalue weighted by molar-refractivity contribution is -0.140. The zero-order valence-corrected chi connectivity index (χ0v) is 31.2. The van der Waals surface area contributed by atoms with Crippen molar-refractivity contribution in [3.8, 4) is 0 Å². The summed E-state index contributed by atoms with van der Waals surface area (Å²) < 4.78 is 58.6. The molecule has 15 heteroatoms. The third-order valence-electron chi connectivity index (χ3n) is 9.74. The summed E-state index contributed by atoms with van der Waals surface area (Å²) in [6, 6.07) is 8.25. The summed E-state index contributed by atoms with van der Waals surface area (Å²) in [4.78, 5) is 30.0. The van der Waals surface area contributed by atoms with Crippen molar-refractivity contribution in [1.29, 1.82) is 0 Å². The fourth-order valence-electron chi connectivity index (χ4n) is 7.59. The van der Waals surface area contributed by atoms with Crippen LogP contribution in [0.3, 0.4) is 0 Å². The molecule has 5 atom stereocenters. The second-order valence-electron chi connectivity index (χ2n) is 14.7. The van der Waals surface area contributed by atoms with Crippen molar-refractivity contribution in [3.05, 3.63) is 41.3 Å². The lowest BCUT2D eigenvalue weighted by Crippen LogP contribution is -2.42. The minimum atomic E-state index is -3.93. The molecule has 13 nitrogen and oxygen atoms in total. The molecule has 0 amide bonds. The van der Waals surface area contributed by atoms with E-state index in [1.807, 2.05) is 27.7 Å². The molecule has 2 saturated heterocycles. The molecule has 0 radical (unpaired) electrons. The summed E-state index contributed by atoms with van der Waals surface area (Å²) in [5, 5.41) is 17.1. The third-order valence-corrected chi connectivity index (χ3v) is 13.4. The highest BCUT2D eigenvalue weighted by Gasteiger charge is 2.34. The van der Waals surface area contributed by atoms with Crippen LogP contribution in [0.5, 0.6) is 0 Å². The van der Waals surface area contributed by atoms with Gasteiger partial charge in [0.2, 0.25) is 20.0 Å². The molecule has 2 heterocycles. The Morgan fingerprint density at radius 2 is 1.26 bits per heavy atom. The summed E-state index contributed by atoms with van der Waals surface area (Å²) >= 11 is 0. The Balaban J connectivity index is 1.60. The smallest absolute Gasteiger partial charge is 0.320 e. The topological polar surface area (TPSA) is 175 Å². The van der Waals surface area contributed by atoms with Gasteiger partial charge in [-0.25, -0.2) is 16.8 Å². The largest absolute Gasteiger partial charge is 0.480 e. The van der Waals surface area contributed by atoms with Gasteiger partial charge in [0.25, 0.3) is 0 Å². The fraction of sp³-hybridized carbons (Fsp3) is 0.571. The monoisotopic (exact) mass is 731 g/mol. The van der Waals surface area contributed by atoms with Crippen molar-refractivity contribution in [2.75, 3.05) is 44.8 Å². The molecule has 2 aliphatic rings. The Morgan fingerprint density at radius 3 is 1.64 bits per heavy atom. The number of nitrogens with zero attached hydrogens (tertiary/aromatic N) is 3. The number of anilines is 1. The number of benzene rings is 3. The zero-order chi connectivity index (χ0) is 36.5. The molecule has 0 spiro atoms. The molecule has 1 unspecified atom stereocenters. The molecule has 2 aliphatic heterocycles. The molecular weight excluding hydrogens is 683 g/mol. The Morgan fingerprint density at radius 1 is 0.820 bits per heavy atom. The average Bonchev–Trinajstić information content (AvgIpc) is 3.04. The molecule has 274 valence electrons. The minimum Gasteiger partial charge on any atom is -0.480 e. The maximum Gasteiger partial charge on any atom is 0.320 e. The van der Waals surface area contributed by atoms with E-state index >= 15 is 0 Å². The van der Waals surface area contributed by atoms with E-state index in [1.54, 1.807) is 26.0 Å². The highest BCUT2D eigenvalue weighted by atomic mass is 32.2. The Hall–Kier alpha value is -3.21. The van der Waals surface area contributed by atoms with E-state index in [0.29, 0.717) is 42.6 Å². The van der Waals surface area contributed by atoms with Crippen LogP contribution in [0, 0.1) is 34.5 Å². The molecule has 2 fully saturated rings. The van der Waals surface area contributed by atoms with E-state index in [4.69, 9.17) is 4.84 Å². The summed E-state index contributed by atoms with van der Waals surface area (Å²) in [6.45, 7) is 13.5. The van der Waals surface area contributed by atoms with Crippen LogP contribution < -0.4 is 10.8 Å². The lowest BCUT2D eigenvalue weighted by atomic mass is 9.94. The molecule has 3 aromatic rings. The van der Waals surface area contributed by atoms with Crippen LogP contribution in [0.15, 0.2) is 51.4 Å². The van der Waals surface area contributed by atoms with Gasteiger partial charge in [0.1, 0.15) is 11.7 Å². The van der Waals surface area contributed by atoms with Gasteiger partial charge < -0.3 is 10.4 Å². The van der Waals surface area contributed by atoms with E-state index in [1.165, 1.54) is 32.9 Å². The molecule has 3 aromatic carbocycles. The van der Waals surface area contributed by atoms with Crippen molar-refractivity contribution in [1.82, 2.24) is 13.9 Å². The van der Waals surface area contributed by atoms with Crippen molar-refractivity contribution in [2.24, 2.45) is 34.8 Å². The van der Waals surface area contributed by atoms with Gasteiger partial charge in [-0.1, -0.05) is 53.7 Å². The SMILES string of the molecule is CC(C)C(NCCONc1c2ccc(S(=O)(=O)N3C[C@H](C)C[C@H](C)C3)cc2c(N=O)c2cc(S(=O)(=O)N3C[C@H](C)C[C@H](C)C3)ccc12)C(=O)O. The van der Waals surface area contributed by atoms with Gasteiger partial charge in [-0.05, 0) is 71.9 Å². The molecular formula is C35H49N5O8S2. The number of aliphatic carboxylic acids is 1. The Bertz CT molecular complexity index is 1830. The number of carboxylic acids is 1. The lowest BCUT2D eigenvalue weighted by Gasteiger charge is -2.34. The van der Waals surface area contributed by atoms with Gasteiger partial charge in [-0.3, -0.25) is 15.1 Å². The van der Waals surface area contributed by atoms with Crippen molar-refractivity contribution in [2.45, 2.75) is 70.2 Å². The van der Waals surface area contributed by atoms with Crippen LogP contribution in [0.1, 0.15) is 54.4 Å². The first-order valence-electron chi connectivity index (χ1n) is 17.3. The fourth-order valence-corrected chi connectivity index (χ4v) is 11.0. The van der Waals surface area contributed by atoms with Gasteiger partial charge in [0, 0.05) is 54.3 Å². The number of carbonyl (C=O) groups is 1. The standard InChI is InChI=1S/C35H49N5O8S2/c1-21(2)32(35(41)42)36-11-12-48-38-34-28-9-7-26(49(44,45)39-17-22(3)13-23(4)18-39)15-30(28)33(37-43)31-16-27(8-10-29(31)34)50(46,47)40-19-24(5)14-25(6)20-40/h7-10,15-16,21-25,32,36,38H,11-14,17-20H2,1-6H3,(H,41,42)/t22-,23+,24-,25+,32?. The van der Waals surface area contributed by atoms with Gasteiger partial charge >= 0.3 is 5.97 Å². The summed E-state index contributed by atoms with van der Waals surface area (Å²) in [5.41, 5.74) is 3.23. The third kappa shape index (κ3) is 7.82. The van der Waals surface area contributed by atoms with Crippen LogP contribution in [0.25, 0.3) is 21.5 Å². The second kappa shape index (κ2) is 15.2. The number of sulfonamides is 2. The first-order chi connectivity index (χ1) is 23.5. The first-order valence-corrected chi connectivity index (χ1v) is 20.1. The van der Waals surface area contributed by atoms with Crippen LogP contribution >= 0.6 is 0 Å². The molecule has 3 N–H and O–H groups in total. The van der Waals surface area contributed by atoms with Crippen LogP contribution in [-0.2, 0) is 29.7 Å². The van der Waals surface area contributed by atoms with Crippen molar-refractivity contribution < 1.29 is 31.6 Å². The predicted octanol–water partition coefficient (Wildman–Crippen LogP) is 5.77. The van der Waals surface area contributed by atoms with Gasteiger partial charge in [0.05, 0.1) is 22.1 Å². The van der Waals surface area contributed by atoms with Crippen molar-refractivity contribution in [3.63, 3.8) is 0 Å².